The van der Waals surface area contributed by atoms with Crippen molar-refractivity contribution in [3.8, 4) is 0 Å². The normalized spacial score (nSPS) is 30.5. The van der Waals surface area contributed by atoms with Gasteiger partial charge in [0.2, 0.25) is 0 Å². The number of hydrogen-bond donors (Lipinski definition) is 1. The first-order valence-corrected chi connectivity index (χ1v) is 6.78. The van der Waals surface area contributed by atoms with Gasteiger partial charge in [-0.25, -0.2) is 0 Å². The molecule has 17 heavy (non-hydrogen) atoms. The number of piperidine rings is 3. The van der Waals surface area contributed by atoms with E-state index in [1.165, 1.54) is 37.4 Å². The first-order chi connectivity index (χ1) is 7.42. The van der Waals surface area contributed by atoms with Crippen molar-refractivity contribution in [3.63, 3.8) is 0 Å². The molecule has 3 saturated heterocycles. The average molecular weight is 295 g/mol. The van der Waals surface area contributed by atoms with E-state index in [0.717, 1.165) is 18.5 Å². The lowest BCUT2D eigenvalue weighted by Crippen LogP contribution is -2.55. The van der Waals surface area contributed by atoms with Gasteiger partial charge in [0.15, 0.2) is 0 Å². The number of thiophene rings is 1. The van der Waals surface area contributed by atoms with Gasteiger partial charge in [0.05, 0.1) is 0 Å². The van der Waals surface area contributed by atoms with Crippen molar-refractivity contribution >= 4 is 36.2 Å². The van der Waals surface area contributed by atoms with Crippen molar-refractivity contribution in [1.29, 1.82) is 0 Å². The Kier molecular flexibility index (Phi) is 6.24. The Hall–Kier alpha value is 0.200. The highest BCUT2D eigenvalue weighted by Crippen LogP contribution is 2.27. The summed E-state index contributed by atoms with van der Waals surface area (Å²) in [4.78, 5) is 4.07. The molecule has 0 saturated carbocycles. The summed E-state index contributed by atoms with van der Waals surface area (Å²) >= 11 is 1.86. The Labute approximate surface area is 120 Å². The Bertz CT molecular complexity index is 310. The van der Waals surface area contributed by atoms with Gasteiger partial charge in [-0.05, 0) is 43.3 Å². The molecule has 98 valence electrons. The molecule has 1 N–H and O–H groups in total. The van der Waals surface area contributed by atoms with Crippen LogP contribution in [0.25, 0.3) is 0 Å². The number of hydrogen-bond acceptors (Lipinski definition) is 3. The third-order valence-electron chi connectivity index (χ3n) is 3.77. The van der Waals surface area contributed by atoms with Crippen molar-refractivity contribution in [2.24, 2.45) is 5.92 Å². The lowest BCUT2D eigenvalue weighted by atomic mass is 9.84. The first-order valence-electron chi connectivity index (χ1n) is 5.90. The molecule has 0 aliphatic carbocycles. The summed E-state index contributed by atoms with van der Waals surface area (Å²) in [7, 11) is 0. The van der Waals surface area contributed by atoms with E-state index in [4.69, 9.17) is 0 Å². The number of fused-ring (bicyclic) bond motifs is 3. The van der Waals surface area contributed by atoms with E-state index in [9.17, 15) is 0 Å². The minimum Gasteiger partial charge on any atom is -0.308 e. The molecule has 1 unspecified atom stereocenters. The van der Waals surface area contributed by atoms with Gasteiger partial charge < -0.3 is 10.2 Å². The van der Waals surface area contributed by atoms with E-state index in [-0.39, 0.29) is 24.8 Å². The third-order valence-corrected chi connectivity index (χ3v) is 4.65. The molecule has 4 heterocycles. The molecule has 1 atom stereocenters. The zero-order chi connectivity index (χ0) is 10.1. The van der Waals surface area contributed by atoms with Crippen molar-refractivity contribution in [3.05, 3.63) is 22.4 Å². The van der Waals surface area contributed by atoms with Crippen LogP contribution in [0.15, 0.2) is 17.5 Å². The van der Waals surface area contributed by atoms with Gasteiger partial charge in [0.1, 0.15) is 0 Å². The predicted octanol–water partition coefficient (Wildman–Crippen LogP) is 2.78. The van der Waals surface area contributed by atoms with Gasteiger partial charge in [-0.15, -0.1) is 36.2 Å². The molecule has 2 nitrogen and oxygen atoms in total. The lowest BCUT2D eigenvalue weighted by molar-refractivity contribution is 0.0721. The molecule has 3 fully saturated rings. The summed E-state index contributed by atoms with van der Waals surface area (Å²) in [6.07, 6.45) is 2.81. The monoisotopic (exact) mass is 294 g/mol. The number of rotatable bonds is 3. The van der Waals surface area contributed by atoms with Gasteiger partial charge >= 0.3 is 0 Å². The van der Waals surface area contributed by atoms with Crippen LogP contribution in [0.4, 0.5) is 0 Å². The van der Waals surface area contributed by atoms with Crippen molar-refractivity contribution in [2.45, 2.75) is 25.4 Å². The summed E-state index contributed by atoms with van der Waals surface area (Å²) in [6.45, 7) is 5.01. The molecule has 0 spiro atoms. The molecule has 3 aliphatic heterocycles. The van der Waals surface area contributed by atoms with E-state index in [1.54, 1.807) is 0 Å². The van der Waals surface area contributed by atoms with E-state index >= 15 is 0 Å². The molecule has 0 aromatic carbocycles. The van der Waals surface area contributed by atoms with Crippen LogP contribution in [-0.2, 0) is 6.54 Å². The molecular formula is C12H20Cl2N2S. The number of nitrogens with one attached hydrogen (secondary N) is 1. The van der Waals surface area contributed by atoms with Crippen molar-refractivity contribution in [2.75, 3.05) is 19.6 Å². The highest BCUT2D eigenvalue weighted by atomic mass is 35.5. The standard InChI is InChI=1S/C12H18N2S.2ClH/c1-2-11(15-7-1)8-13-12-9-14-5-3-10(12)4-6-14;;/h1-2,7,10,12-13H,3-6,8-9H2;2*1H. The van der Waals surface area contributed by atoms with Crippen LogP contribution >= 0.6 is 36.2 Å². The van der Waals surface area contributed by atoms with E-state index in [0.29, 0.717) is 0 Å². The lowest BCUT2D eigenvalue weighted by Gasteiger charge is -2.45. The molecule has 1 aromatic rings. The van der Waals surface area contributed by atoms with Gasteiger partial charge in [0.25, 0.3) is 0 Å². The first kappa shape index (κ1) is 15.3. The third kappa shape index (κ3) is 3.58. The van der Waals surface area contributed by atoms with Gasteiger partial charge in [-0.3, -0.25) is 0 Å². The van der Waals surface area contributed by atoms with E-state index in [1.807, 2.05) is 11.3 Å². The second-order valence-corrected chi connectivity index (χ2v) is 5.74. The van der Waals surface area contributed by atoms with Crippen LogP contribution in [-0.4, -0.2) is 30.6 Å². The van der Waals surface area contributed by atoms with E-state index < -0.39 is 0 Å². The summed E-state index contributed by atoms with van der Waals surface area (Å²) in [5.74, 6) is 0.940. The Morgan fingerprint density at radius 3 is 2.59 bits per heavy atom. The quantitative estimate of drug-likeness (QED) is 0.922. The summed E-state index contributed by atoms with van der Waals surface area (Å²) in [5, 5.41) is 5.88. The second kappa shape index (κ2) is 6.95. The minimum absolute atomic E-state index is 0. The highest BCUT2D eigenvalue weighted by molar-refractivity contribution is 7.09. The van der Waals surface area contributed by atoms with Gasteiger partial charge in [-0.1, -0.05) is 6.07 Å². The van der Waals surface area contributed by atoms with Crippen LogP contribution in [0.3, 0.4) is 0 Å². The SMILES string of the molecule is Cl.Cl.c1csc(CNC2CN3CCC2CC3)c1. The average Bonchev–Trinajstić information content (AvgIpc) is 2.81. The van der Waals surface area contributed by atoms with Gasteiger partial charge in [0, 0.05) is 24.0 Å². The summed E-state index contributed by atoms with van der Waals surface area (Å²) in [5.41, 5.74) is 0. The fraction of sp³-hybridized carbons (Fsp3) is 0.667. The zero-order valence-electron chi connectivity index (χ0n) is 9.80. The fourth-order valence-electron chi connectivity index (χ4n) is 2.84. The Morgan fingerprint density at radius 1 is 1.29 bits per heavy atom. The zero-order valence-corrected chi connectivity index (χ0v) is 12.3. The predicted molar refractivity (Wildman–Crippen MR) is 78.6 cm³/mol. The van der Waals surface area contributed by atoms with Crippen molar-refractivity contribution < 1.29 is 0 Å². The molecular weight excluding hydrogens is 275 g/mol. The van der Waals surface area contributed by atoms with Gasteiger partial charge in [-0.2, -0.15) is 0 Å². The maximum atomic E-state index is 3.72. The molecule has 4 rings (SSSR count). The maximum Gasteiger partial charge on any atom is 0.0302 e. The van der Waals surface area contributed by atoms with Crippen LogP contribution in [0, 0.1) is 5.92 Å². The molecule has 3 aliphatic rings. The second-order valence-electron chi connectivity index (χ2n) is 4.70. The van der Waals surface area contributed by atoms with Crippen LogP contribution in [0.5, 0.6) is 0 Å². The topological polar surface area (TPSA) is 15.3 Å². The highest BCUT2D eigenvalue weighted by Gasteiger charge is 2.33. The van der Waals surface area contributed by atoms with Crippen LogP contribution in [0.1, 0.15) is 17.7 Å². The molecule has 0 amide bonds. The number of nitrogens with zero attached hydrogens (tertiary/aromatic N) is 1. The van der Waals surface area contributed by atoms with Crippen LogP contribution in [0.2, 0.25) is 0 Å². The summed E-state index contributed by atoms with van der Waals surface area (Å²) < 4.78 is 0. The smallest absolute Gasteiger partial charge is 0.0302 e. The molecule has 5 heteroatoms. The molecule has 0 radical (unpaired) electrons. The minimum atomic E-state index is 0. The number of halogens is 2. The summed E-state index contributed by atoms with van der Waals surface area (Å²) in [6, 6.07) is 5.10. The molecule has 2 bridgehead atoms. The Balaban J connectivity index is 0.000000722. The van der Waals surface area contributed by atoms with Crippen LogP contribution < -0.4 is 5.32 Å². The van der Waals surface area contributed by atoms with E-state index in [2.05, 4.69) is 27.7 Å². The van der Waals surface area contributed by atoms with Crippen molar-refractivity contribution in [1.82, 2.24) is 10.2 Å². The molecule has 1 aromatic heterocycles. The maximum absolute atomic E-state index is 3.72. The Morgan fingerprint density at radius 2 is 2.06 bits per heavy atom. The largest absolute Gasteiger partial charge is 0.308 e. The fourth-order valence-corrected chi connectivity index (χ4v) is 3.50.